The fraction of sp³-hybridized carbons (Fsp3) is 0.440. The van der Waals surface area contributed by atoms with E-state index in [4.69, 9.17) is 14.5 Å². The van der Waals surface area contributed by atoms with Crippen molar-refractivity contribution in [1.29, 1.82) is 0 Å². The Balaban J connectivity index is 1.18. The summed E-state index contributed by atoms with van der Waals surface area (Å²) in [6, 6.07) is 3.94. The van der Waals surface area contributed by atoms with Crippen LogP contribution in [0.3, 0.4) is 0 Å². The predicted octanol–water partition coefficient (Wildman–Crippen LogP) is 3.86. The summed E-state index contributed by atoms with van der Waals surface area (Å²) in [5.74, 6) is 2.08. The number of aromatic amines is 1. The Hall–Kier alpha value is -4.07. The zero-order valence-corrected chi connectivity index (χ0v) is 20.9. The Morgan fingerprint density at radius 3 is 2.46 bits per heavy atom. The van der Waals surface area contributed by atoms with E-state index in [1.807, 2.05) is 12.1 Å². The summed E-state index contributed by atoms with van der Waals surface area (Å²) in [7, 11) is 0. The summed E-state index contributed by atoms with van der Waals surface area (Å²) in [6.45, 7) is 2.73. The molecule has 2 aliphatic rings. The Bertz CT molecular complexity index is 1400. The van der Waals surface area contributed by atoms with E-state index in [9.17, 15) is 13.2 Å². The normalized spacial score (nSPS) is 20.2. The Labute approximate surface area is 221 Å². The predicted molar refractivity (Wildman–Crippen MR) is 135 cm³/mol. The molecule has 0 atom stereocenters. The molecule has 0 spiro atoms. The molecule has 39 heavy (non-hydrogen) atoms. The maximum atomic E-state index is 12.8. The van der Waals surface area contributed by atoms with E-state index in [1.54, 1.807) is 6.20 Å². The van der Waals surface area contributed by atoms with Crippen LogP contribution in [0.15, 0.2) is 37.1 Å². The van der Waals surface area contributed by atoms with Crippen LogP contribution < -0.4 is 15.0 Å². The lowest BCUT2D eigenvalue weighted by atomic mass is 9.93. The number of halogens is 3. The van der Waals surface area contributed by atoms with Crippen molar-refractivity contribution in [2.75, 3.05) is 36.5 Å². The fourth-order valence-corrected chi connectivity index (χ4v) is 4.82. The van der Waals surface area contributed by atoms with Gasteiger partial charge in [0.25, 0.3) is 0 Å². The number of ether oxygens (including phenoxy) is 2. The van der Waals surface area contributed by atoms with Crippen LogP contribution in [0, 0.1) is 0 Å². The highest BCUT2D eigenvalue weighted by molar-refractivity contribution is 5.88. The van der Waals surface area contributed by atoms with E-state index in [1.165, 1.54) is 6.33 Å². The number of hydrogen-bond donors (Lipinski definition) is 2. The van der Waals surface area contributed by atoms with E-state index in [2.05, 4.69) is 40.3 Å². The van der Waals surface area contributed by atoms with Crippen LogP contribution in [0.5, 0.6) is 5.88 Å². The van der Waals surface area contributed by atoms with Crippen LogP contribution in [-0.4, -0.2) is 73.6 Å². The number of morpholine rings is 1. The molecule has 0 aromatic carbocycles. The first kappa shape index (κ1) is 25.2. The number of nitrogens with one attached hydrogen (secondary N) is 2. The molecule has 204 valence electrons. The van der Waals surface area contributed by atoms with Gasteiger partial charge in [0.2, 0.25) is 11.8 Å². The van der Waals surface area contributed by atoms with Crippen molar-refractivity contribution < 1.29 is 22.6 Å². The summed E-state index contributed by atoms with van der Waals surface area (Å²) < 4.78 is 50.3. The minimum Gasteiger partial charge on any atom is -0.474 e. The zero-order valence-electron chi connectivity index (χ0n) is 20.9. The Morgan fingerprint density at radius 1 is 1.00 bits per heavy atom. The zero-order chi connectivity index (χ0) is 26.8. The van der Waals surface area contributed by atoms with Gasteiger partial charge in [0.15, 0.2) is 5.82 Å². The number of anilines is 2. The molecule has 2 N–H and O–H groups in total. The third kappa shape index (κ3) is 5.70. The van der Waals surface area contributed by atoms with Gasteiger partial charge < -0.3 is 24.7 Å². The number of alkyl halides is 3. The molecular weight excluding hydrogens is 515 g/mol. The molecule has 14 heteroatoms. The SMILES string of the molecule is FC(F)(F)c1cnc(N[C@H]2CC[C@@H](Oc3nc(N4CCOCC4)cc4ncc(-c5nnc[nH]5)cc34)CC2)nc1. The molecule has 1 saturated carbocycles. The molecule has 11 nitrogen and oxygen atoms in total. The highest BCUT2D eigenvalue weighted by Gasteiger charge is 2.31. The van der Waals surface area contributed by atoms with Crippen molar-refractivity contribution in [3.63, 3.8) is 0 Å². The first-order valence-electron chi connectivity index (χ1n) is 12.7. The minimum atomic E-state index is -4.46. The van der Waals surface area contributed by atoms with Crippen molar-refractivity contribution in [3.05, 3.63) is 42.6 Å². The number of H-pyrrole nitrogens is 1. The van der Waals surface area contributed by atoms with Crippen molar-refractivity contribution >= 4 is 22.7 Å². The monoisotopic (exact) mass is 541 g/mol. The van der Waals surface area contributed by atoms with Gasteiger partial charge in [-0.25, -0.2) is 9.97 Å². The number of fused-ring (bicyclic) bond motifs is 1. The summed E-state index contributed by atoms with van der Waals surface area (Å²) in [5, 5.41) is 11.9. The number of rotatable bonds is 6. The number of pyridine rings is 2. The average molecular weight is 542 g/mol. The second kappa shape index (κ2) is 10.6. The van der Waals surface area contributed by atoms with E-state index in [0.717, 1.165) is 73.5 Å². The topological polar surface area (TPSA) is 127 Å². The highest BCUT2D eigenvalue weighted by atomic mass is 19.4. The Kier molecular flexibility index (Phi) is 6.85. The van der Waals surface area contributed by atoms with Crippen molar-refractivity contribution in [2.45, 2.75) is 44.0 Å². The van der Waals surface area contributed by atoms with Crippen LogP contribution in [-0.2, 0) is 10.9 Å². The van der Waals surface area contributed by atoms with Gasteiger partial charge in [0.1, 0.15) is 18.2 Å². The van der Waals surface area contributed by atoms with E-state index in [-0.39, 0.29) is 18.1 Å². The lowest BCUT2D eigenvalue weighted by Gasteiger charge is -2.31. The highest BCUT2D eigenvalue weighted by Crippen LogP contribution is 2.33. The molecule has 0 amide bonds. The summed E-state index contributed by atoms with van der Waals surface area (Å²) in [6.07, 6.45) is 3.27. The summed E-state index contributed by atoms with van der Waals surface area (Å²) in [4.78, 5) is 22.4. The molecule has 2 fully saturated rings. The number of aromatic nitrogens is 7. The van der Waals surface area contributed by atoms with Crippen molar-refractivity contribution in [3.8, 4) is 17.3 Å². The first-order valence-corrected chi connectivity index (χ1v) is 12.7. The largest absolute Gasteiger partial charge is 0.474 e. The number of nitrogens with zero attached hydrogens (tertiary/aromatic N) is 7. The summed E-state index contributed by atoms with van der Waals surface area (Å²) in [5.41, 5.74) is 0.667. The molecule has 1 saturated heterocycles. The first-order chi connectivity index (χ1) is 18.9. The second-order valence-corrected chi connectivity index (χ2v) is 9.54. The van der Waals surface area contributed by atoms with Crippen LogP contribution in [0.2, 0.25) is 0 Å². The van der Waals surface area contributed by atoms with Crippen LogP contribution >= 0.6 is 0 Å². The molecule has 4 aromatic rings. The lowest BCUT2D eigenvalue weighted by Crippen LogP contribution is -2.37. The van der Waals surface area contributed by atoms with E-state index >= 15 is 0 Å². The maximum Gasteiger partial charge on any atom is 0.419 e. The molecule has 4 aromatic heterocycles. The summed E-state index contributed by atoms with van der Waals surface area (Å²) >= 11 is 0. The van der Waals surface area contributed by atoms with E-state index < -0.39 is 11.7 Å². The molecule has 1 aliphatic heterocycles. The van der Waals surface area contributed by atoms with Gasteiger partial charge in [-0.05, 0) is 31.7 Å². The van der Waals surface area contributed by atoms with Crippen molar-refractivity contribution in [1.82, 2.24) is 35.1 Å². The van der Waals surface area contributed by atoms with Crippen molar-refractivity contribution in [2.24, 2.45) is 0 Å². The standard InChI is InChI=1S/C25H26F3N9O2/c26-25(27,28)16-12-30-24(31-13-16)34-17-1-3-18(4-2-17)39-23-19-9-15(22-32-14-33-36-22)11-29-20(19)10-21(35-23)37-5-7-38-8-6-37/h9-14,17-18H,1-8H2,(H,30,31,34)(H,32,33,36)/t17-,18+. The third-order valence-electron chi connectivity index (χ3n) is 6.92. The van der Waals surface area contributed by atoms with Crippen LogP contribution in [0.25, 0.3) is 22.3 Å². The second-order valence-electron chi connectivity index (χ2n) is 9.54. The number of hydrogen-bond acceptors (Lipinski definition) is 10. The maximum absolute atomic E-state index is 12.8. The molecule has 0 bridgehead atoms. The average Bonchev–Trinajstić information content (AvgIpc) is 3.49. The quantitative estimate of drug-likeness (QED) is 0.372. The van der Waals surface area contributed by atoms with Gasteiger partial charge >= 0.3 is 6.18 Å². The molecule has 0 radical (unpaired) electrons. The molecular formula is C25H26F3N9O2. The van der Waals surface area contributed by atoms with Gasteiger partial charge in [0, 0.05) is 49.4 Å². The molecule has 0 unspecified atom stereocenters. The molecule has 6 rings (SSSR count). The smallest absolute Gasteiger partial charge is 0.419 e. The van der Waals surface area contributed by atoms with Gasteiger partial charge in [-0.1, -0.05) is 0 Å². The van der Waals surface area contributed by atoms with Gasteiger partial charge in [-0.2, -0.15) is 18.2 Å². The van der Waals surface area contributed by atoms with Gasteiger partial charge in [0.05, 0.1) is 29.7 Å². The van der Waals surface area contributed by atoms with Gasteiger partial charge in [-0.3, -0.25) is 4.98 Å². The fourth-order valence-electron chi connectivity index (χ4n) is 4.82. The molecule has 1 aliphatic carbocycles. The minimum absolute atomic E-state index is 0.0331. The Morgan fingerprint density at radius 2 is 1.77 bits per heavy atom. The van der Waals surface area contributed by atoms with Gasteiger partial charge in [-0.15, -0.1) is 10.2 Å². The van der Waals surface area contributed by atoms with E-state index in [0.29, 0.717) is 24.9 Å². The lowest BCUT2D eigenvalue weighted by molar-refractivity contribution is -0.138. The third-order valence-corrected chi connectivity index (χ3v) is 6.92. The van der Waals surface area contributed by atoms with Crippen LogP contribution in [0.1, 0.15) is 31.2 Å². The van der Waals surface area contributed by atoms with Crippen LogP contribution in [0.4, 0.5) is 24.9 Å². The molecule has 5 heterocycles.